The van der Waals surface area contributed by atoms with Gasteiger partial charge in [-0.2, -0.15) is 0 Å². The molecule has 4 nitrogen and oxygen atoms in total. The Morgan fingerprint density at radius 3 is 2.55 bits per heavy atom. The molecule has 0 saturated carbocycles. The summed E-state index contributed by atoms with van der Waals surface area (Å²) in [4.78, 5) is 23.1. The summed E-state index contributed by atoms with van der Waals surface area (Å²) in [5.74, 6) is -1.64. The molecular weight excluding hydrogens is 311 g/mol. The maximum Gasteiger partial charge on any atom is 0.303 e. The number of benzene rings is 1. The first-order valence-electron chi connectivity index (χ1n) is 7.03. The fraction of sp³-hybridized carbons (Fsp3) is 0.500. The van der Waals surface area contributed by atoms with E-state index in [1.807, 2.05) is 0 Å². The van der Waals surface area contributed by atoms with Crippen molar-refractivity contribution in [3.8, 4) is 5.75 Å². The summed E-state index contributed by atoms with van der Waals surface area (Å²) in [6, 6.07) is 2.36. The van der Waals surface area contributed by atoms with Gasteiger partial charge in [-0.05, 0) is 24.8 Å². The van der Waals surface area contributed by atoms with E-state index in [9.17, 15) is 14.0 Å². The van der Waals surface area contributed by atoms with Gasteiger partial charge in [0.05, 0.1) is 23.6 Å². The monoisotopic (exact) mass is 330 g/mol. The molecule has 0 atom stereocenters. The zero-order valence-electron chi connectivity index (χ0n) is 12.9. The van der Waals surface area contributed by atoms with E-state index in [2.05, 4.69) is 0 Å². The van der Waals surface area contributed by atoms with Crippen LogP contribution in [-0.2, 0) is 4.79 Å². The van der Waals surface area contributed by atoms with E-state index in [0.29, 0.717) is 13.0 Å². The van der Waals surface area contributed by atoms with Crippen LogP contribution in [0.4, 0.5) is 4.39 Å². The number of rotatable bonds is 8. The van der Waals surface area contributed by atoms with Gasteiger partial charge in [-0.25, -0.2) is 4.39 Å². The molecule has 0 fully saturated rings. The smallest absolute Gasteiger partial charge is 0.303 e. The third-order valence-electron chi connectivity index (χ3n) is 3.28. The van der Waals surface area contributed by atoms with E-state index >= 15 is 0 Å². The Kier molecular flexibility index (Phi) is 6.35. The number of carboxylic acid groups (broad SMARTS) is 1. The molecule has 0 aliphatic carbocycles. The van der Waals surface area contributed by atoms with Crippen LogP contribution in [0.25, 0.3) is 0 Å². The topological polar surface area (TPSA) is 63.6 Å². The number of hydrogen-bond acceptors (Lipinski definition) is 3. The van der Waals surface area contributed by atoms with Gasteiger partial charge in [-0.3, -0.25) is 9.59 Å². The molecule has 0 radical (unpaired) electrons. The van der Waals surface area contributed by atoms with Crippen LogP contribution in [-0.4, -0.2) is 23.5 Å². The van der Waals surface area contributed by atoms with Crippen LogP contribution in [0.15, 0.2) is 12.1 Å². The summed E-state index contributed by atoms with van der Waals surface area (Å²) in [7, 11) is 0. The second-order valence-electron chi connectivity index (χ2n) is 5.85. The Labute approximate surface area is 134 Å². The number of carbonyl (C=O) groups is 2. The number of hydrogen-bond donors (Lipinski definition) is 1. The van der Waals surface area contributed by atoms with Crippen molar-refractivity contribution < 1.29 is 23.8 Å². The van der Waals surface area contributed by atoms with Crippen LogP contribution in [0.1, 0.15) is 50.4 Å². The van der Waals surface area contributed by atoms with Crippen molar-refractivity contribution in [2.24, 2.45) is 5.41 Å². The molecule has 0 spiro atoms. The second kappa shape index (κ2) is 7.58. The molecule has 0 aliphatic heterocycles. The molecular formula is C16H20ClFO4. The largest absolute Gasteiger partial charge is 0.493 e. The van der Waals surface area contributed by atoms with Crippen molar-refractivity contribution in [2.45, 2.75) is 40.0 Å². The van der Waals surface area contributed by atoms with Gasteiger partial charge in [-0.1, -0.05) is 25.4 Å². The highest BCUT2D eigenvalue weighted by Crippen LogP contribution is 2.31. The lowest BCUT2D eigenvalue weighted by atomic mass is 9.83. The fourth-order valence-electron chi connectivity index (χ4n) is 2.11. The Morgan fingerprint density at radius 1 is 1.36 bits per heavy atom. The maximum atomic E-state index is 13.5. The summed E-state index contributed by atoms with van der Waals surface area (Å²) in [6.07, 6.45) is 0.518. The average molecular weight is 331 g/mol. The van der Waals surface area contributed by atoms with Gasteiger partial charge in [0, 0.05) is 12.5 Å². The molecule has 0 heterocycles. The van der Waals surface area contributed by atoms with Crippen LogP contribution in [0, 0.1) is 11.2 Å². The lowest BCUT2D eigenvalue weighted by Gasteiger charge is -2.22. The molecule has 1 rings (SSSR count). The van der Waals surface area contributed by atoms with Crippen molar-refractivity contribution in [2.75, 3.05) is 6.61 Å². The molecule has 0 amide bonds. The zero-order valence-corrected chi connectivity index (χ0v) is 13.7. The highest BCUT2D eigenvalue weighted by atomic mass is 35.5. The number of carbonyl (C=O) groups excluding carboxylic acids is 1. The predicted molar refractivity (Wildman–Crippen MR) is 82.2 cm³/mol. The quantitative estimate of drug-likeness (QED) is 0.720. The fourth-order valence-corrected chi connectivity index (χ4v) is 2.27. The van der Waals surface area contributed by atoms with Crippen molar-refractivity contribution >= 4 is 23.4 Å². The Morgan fingerprint density at radius 2 is 2.00 bits per heavy atom. The molecule has 6 heteroatoms. The standard InChI is InChI=1S/C16H20ClFO4/c1-4-22-14-8-12(18)11(17)7-10(14)13(19)5-6-16(2,3)9-15(20)21/h7-8H,4-6,9H2,1-3H3,(H,20,21). The van der Waals surface area contributed by atoms with E-state index in [-0.39, 0.29) is 35.0 Å². The van der Waals surface area contributed by atoms with Crippen LogP contribution in [0.5, 0.6) is 5.75 Å². The first kappa shape index (κ1) is 18.4. The van der Waals surface area contributed by atoms with Gasteiger partial charge in [0.25, 0.3) is 0 Å². The van der Waals surface area contributed by atoms with Crippen LogP contribution < -0.4 is 4.74 Å². The average Bonchev–Trinajstić information content (AvgIpc) is 2.39. The van der Waals surface area contributed by atoms with Gasteiger partial charge in [0.15, 0.2) is 5.78 Å². The summed E-state index contributed by atoms with van der Waals surface area (Å²) in [5.41, 5.74) is -0.281. The van der Waals surface area contributed by atoms with E-state index in [0.717, 1.165) is 6.07 Å². The van der Waals surface area contributed by atoms with Crippen LogP contribution >= 0.6 is 11.6 Å². The summed E-state index contributed by atoms with van der Waals surface area (Å²) in [5, 5.41) is 8.71. The van der Waals surface area contributed by atoms with Gasteiger partial charge in [0.2, 0.25) is 0 Å². The number of ketones is 1. The first-order valence-corrected chi connectivity index (χ1v) is 7.41. The molecule has 22 heavy (non-hydrogen) atoms. The molecule has 0 unspecified atom stereocenters. The summed E-state index contributed by atoms with van der Waals surface area (Å²) < 4.78 is 18.8. The van der Waals surface area contributed by atoms with Crippen molar-refractivity contribution in [1.29, 1.82) is 0 Å². The first-order chi connectivity index (χ1) is 10.2. The lowest BCUT2D eigenvalue weighted by Crippen LogP contribution is -2.18. The van der Waals surface area contributed by atoms with Crippen molar-refractivity contribution in [3.63, 3.8) is 0 Å². The number of carboxylic acids is 1. The normalized spacial score (nSPS) is 11.3. The molecule has 0 bridgehead atoms. The Balaban J connectivity index is 2.89. The minimum absolute atomic E-state index is 0.0250. The SMILES string of the molecule is CCOc1cc(F)c(Cl)cc1C(=O)CCC(C)(C)CC(=O)O. The van der Waals surface area contributed by atoms with E-state index < -0.39 is 17.2 Å². The highest BCUT2D eigenvalue weighted by Gasteiger charge is 2.24. The van der Waals surface area contributed by atoms with Crippen LogP contribution in [0.3, 0.4) is 0 Å². The summed E-state index contributed by atoms with van der Waals surface area (Å²) >= 11 is 5.73. The van der Waals surface area contributed by atoms with Gasteiger partial charge in [0.1, 0.15) is 11.6 Å². The van der Waals surface area contributed by atoms with Crippen LogP contribution in [0.2, 0.25) is 5.02 Å². The van der Waals surface area contributed by atoms with E-state index in [1.165, 1.54) is 6.07 Å². The molecule has 0 aliphatic rings. The minimum atomic E-state index is -0.905. The van der Waals surface area contributed by atoms with E-state index in [4.69, 9.17) is 21.4 Å². The maximum absolute atomic E-state index is 13.5. The van der Waals surface area contributed by atoms with Gasteiger partial charge >= 0.3 is 5.97 Å². The van der Waals surface area contributed by atoms with Gasteiger partial charge in [-0.15, -0.1) is 0 Å². The third kappa shape index (κ3) is 5.30. The Bertz CT molecular complexity index is 570. The summed E-state index contributed by atoms with van der Waals surface area (Å²) in [6.45, 7) is 5.60. The number of halogens is 2. The molecule has 1 aromatic rings. The molecule has 0 aromatic heterocycles. The van der Waals surface area contributed by atoms with E-state index in [1.54, 1.807) is 20.8 Å². The molecule has 122 valence electrons. The van der Waals surface area contributed by atoms with Crippen molar-refractivity contribution in [1.82, 2.24) is 0 Å². The van der Waals surface area contributed by atoms with Crippen molar-refractivity contribution in [3.05, 3.63) is 28.5 Å². The van der Waals surface area contributed by atoms with Gasteiger partial charge < -0.3 is 9.84 Å². The molecule has 1 N–H and O–H groups in total. The third-order valence-corrected chi connectivity index (χ3v) is 3.57. The predicted octanol–water partition coefficient (Wildman–Crippen LogP) is 4.34. The molecule has 0 saturated heterocycles. The Hall–Kier alpha value is -1.62. The highest BCUT2D eigenvalue weighted by molar-refractivity contribution is 6.31. The lowest BCUT2D eigenvalue weighted by molar-refractivity contribution is -0.139. The molecule has 1 aromatic carbocycles. The number of aliphatic carboxylic acids is 1. The second-order valence-corrected chi connectivity index (χ2v) is 6.26. The minimum Gasteiger partial charge on any atom is -0.493 e. The number of Topliss-reactive ketones (excluding diaryl/α,β-unsaturated/α-hetero) is 1. The number of ether oxygens (including phenoxy) is 1. The zero-order chi connectivity index (χ0) is 16.9.